The molecule has 2 aliphatic rings. The third-order valence-corrected chi connectivity index (χ3v) is 10.1. The molecule has 1 aromatic heterocycles. The van der Waals surface area contributed by atoms with Gasteiger partial charge in [-0.15, -0.1) is 11.3 Å². The van der Waals surface area contributed by atoms with Crippen LogP contribution in [0.1, 0.15) is 49.5 Å². The molecule has 0 saturated carbocycles. The second-order valence-corrected chi connectivity index (χ2v) is 12.3. The Kier molecular flexibility index (Phi) is 8.09. The first-order valence-electron chi connectivity index (χ1n) is 12.0. The number of rotatable bonds is 9. The highest BCUT2D eigenvalue weighted by molar-refractivity contribution is 7.91. The standard InChI is InChI=1S/C25H34N2O4S2/c1-2-31-22-9-7-20(8-10-22)5-6-21-13-17-26(18-14-21)24(28)19-23-11-12-25(32-23)33(29,30)27-15-3-4-16-27/h7-12,21H,2-6,13-19H2,1H3. The minimum atomic E-state index is -3.40. The van der Waals surface area contributed by atoms with Crippen molar-refractivity contribution in [2.75, 3.05) is 32.8 Å². The fraction of sp³-hybridized carbons (Fsp3) is 0.560. The Hall–Kier alpha value is -1.90. The number of likely N-dealkylation sites (tertiary alicyclic amines) is 1. The van der Waals surface area contributed by atoms with Gasteiger partial charge in [-0.1, -0.05) is 12.1 Å². The number of hydrogen-bond acceptors (Lipinski definition) is 5. The summed E-state index contributed by atoms with van der Waals surface area (Å²) in [4.78, 5) is 15.6. The molecule has 0 radical (unpaired) electrons. The topological polar surface area (TPSA) is 66.9 Å². The van der Waals surface area contributed by atoms with Crippen molar-refractivity contribution in [3.8, 4) is 5.75 Å². The zero-order chi connectivity index (χ0) is 23.3. The SMILES string of the molecule is CCOc1ccc(CCC2CCN(C(=O)Cc3ccc(S(=O)(=O)N4CCCC4)s3)CC2)cc1. The minimum absolute atomic E-state index is 0.104. The van der Waals surface area contributed by atoms with E-state index >= 15 is 0 Å². The molecule has 1 amide bonds. The van der Waals surface area contributed by atoms with Crippen LogP contribution < -0.4 is 4.74 Å². The molecule has 4 rings (SSSR count). The predicted molar refractivity (Wildman–Crippen MR) is 131 cm³/mol. The zero-order valence-electron chi connectivity index (χ0n) is 19.4. The number of aryl methyl sites for hydroxylation is 1. The summed E-state index contributed by atoms with van der Waals surface area (Å²) in [6, 6.07) is 11.8. The number of amides is 1. The number of carbonyl (C=O) groups is 1. The van der Waals surface area contributed by atoms with E-state index in [1.807, 2.05) is 24.0 Å². The van der Waals surface area contributed by atoms with Crippen LogP contribution in [0.15, 0.2) is 40.6 Å². The van der Waals surface area contributed by atoms with Crippen LogP contribution in [-0.2, 0) is 27.7 Å². The third kappa shape index (κ3) is 6.16. The zero-order valence-corrected chi connectivity index (χ0v) is 21.0. The Morgan fingerprint density at radius 2 is 1.73 bits per heavy atom. The van der Waals surface area contributed by atoms with Gasteiger partial charge < -0.3 is 9.64 Å². The fourth-order valence-corrected chi connectivity index (χ4v) is 7.69. The molecular formula is C25H34N2O4S2. The number of nitrogens with zero attached hydrogens (tertiary/aromatic N) is 2. The summed E-state index contributed by atoms with van der Waals surface area (Å²) >= 11 is 1.24. The van der Waals surface area contributed by atoms with Crippen LogP contribution in [0.2, 0.25) is 0 Å². The van der Waals surface area contributed by atoms with Gasteiger partial charge in [0, 0.05) is 31.1 Å². The second kappa shape index (κ2) is 11.0. The van der Waals surface area contributed by atoms with Crippen molar-refractivity contribution in [3.05, 3.63) is 46.8 Å². The summed E-state index contributed by atoms with van der Waals surface area (Å²) in [6.07, 6.45) is 6.38. The molecule has 0 aliphatic carbocycles. The first-order valence-corrected chi connectivity index (χ1v) is 14.3. The van der Waals surface area contributed by atoms with Crippen LogP contribution >= 0.6 is 11.3 Å². The molecule has 0 bridgehead atoms. The van der Waals surface area contributed by atoms with Crippen molar-refractivity contribution < 1.29 is 17.9 Å². The largest absolute Gasteiger partial charge is 0.494 e. The van der Waals surface area contributed by atoms with E-state index < -0.39 is 10.0 Å². The first kappa shape index (κ1) is 24.2. The van der Waals surface area contributed by atoms with E-state index in [1.165, 1.54) is 16.9 Å². The Morgan fingerprint density at radius 1 is 1.03 bits per heavy atom. The van der Waals surface area contributed by atoms with Crippen molar-refractivity contribution in [3.63, 3.8) is 0 Å². The maximum Gasteiger partial charge on any atom is 0.252 e. The Bertz CT molecular complexity index is 1020. The van der Waals surface area contributed by atoms with Gasteiger partial charge in [0.2, 0.25) is 5.91 Å². The number of hydrogen-bond donors (Lipinski definition) is 0. The van der Waals surface area contributed by atoms with Crippen LogP contribution in [0.4, 0.5) is 0 Å². The average molecular weight is 491 g/mol. The Morgan fingerprint density at radius 3 is 2.39 bits per heavy atom. The molecule has 6 nitrogen and oxygen atoms in total. The summed E-state index contributed by atoms with van der Waals surface area (Å²) < 4.78 is 32.9. The maximum absolute atomic E-state index is 12.8. The molecule has 180 valence electrons. The average Bonchev–Trinajstić information content (AvgIpc) is 3.52. The van der Waals surface area contributed by atoms with Crippen molar-refractivity contribution in [2.45, 2.75) is 56.1 Å². The summed E-state index contributed by atoms with van der Waals surface area (Å²) in [5.41, 5.74) is 1.33. The van der Waals surface area contributed by atoms with E-state index in [0.29, 0.717) is 29.8 Å². The smallest absolute Gasteiger partial charge is 0.252 e. The number of sulfonamides is 1. The van der Waals surface area contributed by atoms with Crippen molar-refractivity contribution in [1.29, 1.82) is 0 Å². The number of carbonyl (C=O) groups excluding carboxylic acids is 1. The molecule has 0 atom stereocenters. The minimum Gasteiger partial charge on any atom is -0.494 e. The lowest BCUT2D eigenvalue weighted by Gasteiger charge is -2.32. The fourth-order valence-electron chi connectivity index (χ4n) is 4.67. The first-order chi connectivity index (χ1) is 16.0. The van der Waals surface area contributed by atoms with Gasteiger partial charge in [-0.05, 0) is 81.2 Å². The van der Waals surface area contributed by atoms with Gasteiger partial charge >= 0.3 is 0 Å². The second-order valence-electron chi connectivity index (χ2n) is 8.95. The van der Waals surface area contributed by atoms with E-state index in [0.717, 1.165) is 62.2 Å². The van der Waals surface area contributed by atoms with Crippen molar-refractivity contribution in [2.24, 2.45) is 5.92 Å². The molecule has 3 heterocycles. The molecule has 2 fully saturated rings. The molecule has 8 heteroatoms. The van der Waals surface area contributed by atoms with E-state index in [1.54, 1.807) is 16.4 Å². The summed E-state index contributed by atoms with van der Waals surface area (Å²) in [5.74, 6) is 1.66. The van der Waals surface area contributed by atoms with Gasteiger partial charge in [-0.25, -0.2) is 8.42 Å². The number of thiophene rings is 1. The number of benzene rings is 1. The van der Waals surface area contributed by atoms with Gasteiger partial charge in [-0.2, -0.15) is 4.31 Å². The molecule has 2 aromatic rings. The lowest BCUT2D eigenvalue weighted by Crippen LogP contribution is -2.39. The van der Waals surface area contributed by atoms with Crippen molar-refractivity contribution in [1.82, 2.24) is 9.21 Å². The van der Waals surface area contributed by atoms with Gasteiger partial charge in [0.25, 0.3) is 10.0 Å². The van der Waals surface area contributed by atoms with Crippen LogP contribution in [-0.4, -0.2) is 56.3 Å². The van der Waals surface area contributed by atoms with E-state index in [2.05, 4.69) is 12.1 Å². The van der Waals surface area contributed by atoms with E-state index in [4.69, 9.17) is 4.74 Å². The van der Waals surface area contributed by atoms with Gasteiger partial charge in [0.05, 0.1) is 13.0 Å². The predicted octanol–water partition coefficient (Wildman–Crippen LogP) is 4.35. The lowest BCUT2D eigenvalue weighted by atomic mass is 9.90. The molecular weight excluding hydrogens is 456 g/mol. The monoisotopic (exact) mass is 490 g/mol. The van der Waals surface area contributed by atoms with Gasteiger partial charge in [0.15, 0.2) is 0 Å². The number of ether oxygens (including phenoxy) is 1. The molecule has 2 aliphatic heterocycles. The highest BCUT2D eigenvalue weighted by atomic mass is 32.2. The van der Waals surface area contributed by atoms with E-state index in [9.17, 15) is 13.2 Å². The van der Waals surface area contributed by atoms with Crippen LogP contribution in [0, 0.1) is 5.92 Å². The van der Waals surface area contributed by atoms with Crippen molar-refractivity contribution >= 4 is 27.3 Å². The van der Waals surface area contributed by atoms with Gasteiger partial charge in [0.1, 0.15) is 9.96 Å². The summed E-state index contributed by atoms with van der Waals surface area (Å²) in [5, 5.41) is 0. The molecule has 33 heavy (non-hydrogen) atoms. The highest BCUT2D eigenvalue weighted by Gasteiger charge is 2.29. The van der Waals surface area contributed by atoms with Crippen LogP contribution in [0.25, 0.3) is 0 Å². The molecule has 1 aromatic carbocycles. The summed E-state index contributed by atoms with van der Waals surface area (Å²) in [7, 11) is -3.40. The van der Waals surface area contributed by atoms with E-state index in [-0.39, 0.29) is 12.3 Å². The molecule has 0 spiro atoms. The molecule has 2 saturated heterocycles. The Balaban J connectivity index is 1.22. The normalized spacial score (nSPS) is 18.0. The number of piperidine rings is 1. The molecule has 0 unspecified atom stereocenters. The highest BCUT2D eigenvalue weighted by Crippen LogP contribution is 2.29. The molecule has 0 N–H and O–H groups in total. The van der Waals surface area contributed by atoms with Crippen LogP contribution in [0.3, 0.4) is 0 Å². The quantitative estimate of drug-likeness (QED) is 0.524. The van der Waals surface area contributed by atoms with Crippen LogP contribution in [0.5, 0.6) is 5.75 Å². The maximum atomic E-state index is 12.8. The summed E-state index contributed by atoms with van der Waals surface area (Å²) in [6.45, 7) is 5.45. The Labute approximate surface area is 201 Å². The third-order valence-electron chi connectivity index (χ3n) is 6.66. The lowest BCUT2D eigenvalue weighted by molar-refractivity contribution is -0.131. The van der Waals surface area contributed by atoms with Gasteiger partial charge in [-0.3, -0.25) is 4.79 Å².